The molecule has 0 aliphatic rings. The molecule has 152 valence electrons. The lowest BCUT2D eigenvalue weighted by Crippen LogP contribution is -2.15. The highest BCUT2D eigenvalue weighted by atomic mass is 32.1. The summed E-state index contributed by atoms with van der Waals surface area (Å²) in [6.45, 7) is 6.39. The van der Waals surface area contributed by atoms with Gasteiger partial charge in [-0.25, -0.2) is 19.7 Å². The molecular weight excluding hydrogens is 392 g/mol. The van der Waals surface area contributed by atoms with Crippen LogP contribution in [0.15, 0.2) is 24.5 Å². The van der Waals surface area contributed by atoms with E-state index in [9.17, 15) is 9.59 Å². The minimum atomic E-state index is -0.580. The zero-order valence-corrected chi connectivity index (χ0v) is 17.6. The molecule has 0 N–H and O–H groups in total. The minimum Gasteiger partial charge on any atom is -0.453 e. The minimum absolute atomic E-state index is 0.246. The van der Waals surface area contributed by atoms with Crippen molar-refractivity contribution in [1.29, 1.82) is 0 Å². The summed E-state index contributed by atoms with van der Waals surface area (Å²) in [7, 11) is 1.64. The van der Waals surface area contributed by atoms with Gasteiger partial charge in [0.15, 0.2) is 17.4 Å². The molecule has 0 amide bonds. The van der Waals surface area contributed by atoms with Crippen molar-refractivity contribution in [3.63, 3.8) is 0 Å². The lowest BCUT2D eigenvalue weighted by atomic mass is 10.1. The van der Waals surface area contributed by atoms with Gasteiger partial charge in [-0.15, -0.1) is 11.3 Å². The predicted molar refractivity (Wildman–Crippen MR) is 108 cm³/mol. The largest absolute Gasteiger partial charge is 0.453 e. The van der Waals surface area contributed by atoms with Crippen molar-refractivity contribution in [3.05, 3.63) is 52.0 Å². The van der Waals surface area contributed by atoms with Crippen LogP contribution in [0.5, 0.6) is 0 Å². The normalized spacial score (nSPS) is 10.9. The summed E-state index contributed by atoms with van der Waals surface area (Å²) in [6, 6.07) is 3.51. The molecule has 0 spiro atoms. The van der Waals surface area contributed by atoms with Crippen molar-refractivity contribution >= 4 is 23.1 Å². The summed E-state index contributed by atoms with van der Waals surface area (Å²) in [5.41, 5.74) is 2.86. The monoisotopic (exact) mass is 414 g/mol. The summed E-state index contributed by atoms with van der Waals surface area (Å²) >= 11 is 1.15. The van der Waals surface area contributed by atoms with Gasteiger partial charge in [0.25, 0.3) is 0 Å². The van der Waals surface area contributed by atoms with E-state index in [2.05, 4.69) is 15.0 Å². The molecule has 0 atom stereocenters. The zero-order valence-electron chi connectivity index (χ0n) is 16.8. The maximum absolute atomic E-state index is 12.6. The third kappa shape index (κ3) is 4.57. The van der Waals surface area contributed by atoms with E-state index < -0.39 is 5.97 Å². The van der Waals surface area contributed by atoms with Crippen LogP contribution in [0.3, 0.4) is 0 Å². The van der Waals surface area contributed by atoms with Crippen molar-refractivity contribution in [3.8, 4) is 10.8 Å². The number of nitrogens with zero attached hydrogens (tertiary/aromatic N) is 4. The molecule has 0 aliphatic heterocycles. The van der Waals surface area contributed by atoms with Gasteiger partial charge in [0, 0.05) is 43.0 Å². The van der Waals surface area contributed by atoms with E-state index >= 15 is 0 Å². The Labute approximate surface area is 172 Å². The topological polar surface area (TPSA) is 96.2 Å². The summed E-state index contributed by atoms with van der Waals surface area (Å²) in [5, 5.41) is 0.531. The SMILES string of the molecule is COCCn1c(C)cc(C(=O)COC(=O)c2sc(-c3ncccn3)nc2C)c1C. The smallest absolute Gasteiger partial charge is 0.350 e. The number of carbonyl (C=O) groups excluding carboxylic acids is 2. The van der Waals surface area contributed by atoms with E-state index in [0.717, 1.165) is 22.7 Å². The van der Waals surface area contributed by atoms with Gasteiger partial charge >= 0.3 is 5.97 Å². The molecule has 3 heterocycles. The van der Waals surface area contributed by atoms with Gasteiger partial charge in [0.05, 0.1) is 12.3 Å². The fourth-order valence-electron chi connectivity index (χ4n) is 2.98. The first kappa shape index (κ1) is 20.8. The van der Waals surface area contributed by atoms with E-state index in [0.29, 0.717) is 40.1 Å². The Morgan fingerprint density at radius 2 is 1.90 bits per heavy atom. The second-order valence-corrected chi connectivity index (χ2v) is 7.43. The van der Waals surface area contributed by atoms with Crippen LogP contribution in [-0.2, 0) is 16.0 Å². The summed E-state index contributed by atoms with van der Waals surface area (Å²) in [4.78, 5) is 38.0. The summed E-state index contributed by atoms with van der Waals surface area (Å²) in [5.74, 6) is -0.383. The van der Waals surface area contributed by atoms with Gasteiger partial charge in [-0.05, 0) is 32.9 Å². The van der Waals surface area contributed by atoms with Crippen LogP contribution >= 0.6 is 11.3 Å². The number of Topliss-reactive ketones (excluding diaryl/α,β-unsaturated/α-hetero) is 1. The molecule has 0 unspecified atom stereocenters. The van der Waals surface area contributed by atoms with Crippen LogP contribution in [0, 0.1) is 20.8 Å². The first-order chi connectivity index (χ1) is 13.9. The van der Waals surface area contributed by atoms with Gasteiger partial charge < -0.3 is 14.0 Å². The Kier molecular flexibility index (Phi) is 6.50. The van der Waals surface area contributed by atoms with Crippen LogP contribution in [0.2, 0.25) is 0 Å². The van der Waals surface area contributed by atoms with Gasteiger partial charge in [-0.1, -0.05) is 0 Å². The second-order valence-electron chi connectivity index (χ2n) is 6.43. The van der Waals surface area contributed by atoms with Gasteiger partial charge in [-0.2, -0.15) is 0 Å². The van der Waals surface area contributed by atoms with Crippen LogP contribution < -0.4 is 0 Å². The highest BCUT2D eigenvalue weighted by Crippen LogP contribution is 2.26. The Bertz CT molecular complexity index is 1030. The predicted octanol–water partition coefficient (Wildman–Crippen LogP) is 3.01. The molecule has 0 aliphatic carbocycles. The highest BCUT2D eigenvalue weighted by molar-refractivity contribution is 7.16. The average molecular weight is 414 g/mol. The number of ketones is 1. The number of methoxy groups -OCH3 is 1. The first-order valence-electron chi connectivity index (χ1n) is 9.03. The molecule has 3 rings (SSSR count). The van der Waals surface area contributed by atoms with Crippen LogP contribution in [0.25, 0.3) is 10.8 Å². The van der Waals surface area contributed by atoms with Crippen molar-refractivity contribution in [2.75, 3.05) is 20.3 Å². The number of thiazole rings is 1. The fourth-order valence-corrected chi connectivity index (χ4v) is 3.88. The lowest BCUT2D eigenvalue weighted by Gasteiger charge is -2.09. The summed E-state index contributed by atoms with van der Waals surface area (Å²) < 4.78 is 12.4. The van der Waals surface area contributed by atoms with Crippen molar-refractivity contribution in [1.82, 2.24) is 19.5 Å². The maximum Gasteiger partial charge on any atom is 0.350 e. The number of hydrogen-bond acceptors (Lipinski definition) is 8. The first-order valence-corrected chi connectivity index (χ1v) is 9.84. The van der Waals surface area contributed by atoms with Crippen molar-refractivity contribution in [2.24, 2.45) is 0 Å². The molecular formula is C20H22N4O4S. The molecule has 3 aromatic rings. The maximum atomic E-state index is 12.6. The van der Waals surface area contributed by atoms with Gasteiger partial charge in [0.2, 0.25) is 5.78 Å². The Hall–Kier alpha value is -2.91. The zero-order chi connectivity index (χ0) is 21.0. The number of aromatic nitrogens is 4. The number of hydrogen-bond donors (Lipinski definition) is 0. The number of ether oxygens (including phenoxy) is 2. The molecule has 3 aromatic heterocycles. The Morgan fingerprint density at radius 3 is 2.59 bits per heavy atom. The second kappa shape index (κ2) is 9.06. The molecule has 0 bridgehead atoms. The molecule has 0 saturated carbocycles. The molecule has 0 radical (unpaired) electrons. The third-order valence-electron chi connectivity index (χ3n) is 4.47. The fraction of sp³-hybridized carbons (Fsp3) is 0.350. The van der Waals surface area contributed by atoms with Crippen molar-refractivity contribution in [2.45, 2.75) is 27.3 Å². The van der Waals surface area contributed by atoms with E-state index in [1.54, 1.807) is 32.5 Å². The standard InChI is InChI=1S/C20H22N4O4S/c1-12-10-15(14(3)24(12)8-9-27-4)16(25)11-28-20(26)17-13(2)23-19(29-17)18-21-6-5-7-22-18/h5-7,10H,8-9,11H2,1-4H3. The highest BCUT2D eigenvalue weighted by Gasteiger charge is 2.21. The number of rotatable bonds is 8. The lowest BCUT2D eigenvalue weighted by molar-refractivity contribution is 0.0478. The van der Waals surface area contributed by atoms with E-state index in [1.165, 1.54) is 0 Å². The Balaban J connectivity index is 1.68. The average Bonchev–Trinajstić information content (AvgIpc) is 3.25. The van der Waals surface area contributed by atoms with Crippen LogP contribution in [0.4, 0.5) is 0 Å². The third-order valence-corrected chi connectivity index (χ3v) is 5.60. The molecule has 9 heteroatoms. The molecule has 0 fully saturated rings. The molecule has 0 saturated heterocycles. The van der Waals surface area contributed by atoms with E-state index in [4.69, 9.17) is 9.47 Å². The number of carbonyl (C=O) groups is 2. The van der Waals surface area contributed by atoms with E-state index in [-0.39, 0.29) is 12.4 Å². The van der Waals surface area contributed by atoms with Gasteiger partial charge in [-0.3, -0.25) is 4.79 Å². The number of esters is 1. The Morgan fingerprint density at radius 1 is 1.17 bits per heavy atom. The van der Waals surface area contributed by atoms with Crippen molar-refractivity contribution < 1.29 is 19.1 Å². The molecule has 8 nitrogen and oxygen atoms in total. The molecule has 0 aromatic carbocycles. The quantitative estimate of drug-likeness (QED) is 0.413. The molecule has 29 heavy (non-hydrogen) atoms. The van der Waals surface area contributed by atoms with Crippen LogP contribution in [-0.4, -0.2) is 51.6 Å². The van der Waals surface area contributed by atoms with Crippen LogP contribution in [0.1, 0.15) is 37.1 Å². The van der Waals surface area contributed by atoms with Gasteiger partial charge in [0.1, 0.15) is 4.88 Å². The number of aryl methyl sites for hydroxylation is 2. The van der Waals surface area contributed by atoms with E-state index in [1.807, 2.05) is 24.5 Å². The summed E-state index contributed by atoms with van der Waals surface area (Å²) in [6.07, 6.45) is 3.22.